The fourth-order valence-electron chi connectivity index (χ4n) is 1.63. The standard InChI is InChI=1S/C11H14N2O2/c14-11(9-3-6-12-7-4-9)15-10-2-1-5-13-8-10/h3-4,6-7,10,13H,1-2,5,8H2/t10-/m1/s1. The Hall–Kier alpha value is -1.42. The van der Waals surface area contributed by atoms with Crippen LogP contribution in [0.5, 0.6) is 0 Å². The summed E-state index contributed by atoms with van der Waals surface area (Å²) in [5, 5.41) is 3.20. The van der Waals surface area contributed by atoms with Gasteiger partial charge in [-0.05, 0) is 31.5 Å². The van der Waals surface area contributed by atoms with E-state index in [-0.39, 0.29) is 12.1 Å². The van der Waals surface area contributed by atoms with Crippen LogP contribution in [-0.4, -0.2) is 30.1 Å². The first-order chi connectivity index (χ1) is 7.36. The fraction of sp³-hybridized carbons (Fsp3) is 0.455. The molecule has 0 amide bonds. The molecule has 2 rings (SSSR count). The first-order valence-corrected chi connectivity index (χ1v) is 5.18. The molecule has 1 saturated heterocycles. The number of esters is 1. The maximum absolute atomic E-state index is 11.6. The fourth-order valence-corrected chi connectivity index (χ4v) is 1.63. The van der Waals surface area contributed by atoms with Gasteiger partial charge in [-0.2, -0.15) is 0 Å². The molecule has 0 radical (unpaired) electrons. The molecule has 1 N–H and O–H groups in total. The van der Waals surface area contributed by atoms with Crippen molar-refractivity contribution in [2.45, 2.75) is 18.9 Å². The number of hydrogen-bond donors (Lipinski definition) is 1. The first-order valence-electron chi connectivity index (χ1n) is 5.18. The van der Waals surface area contributed by atoms with Crippen molar-refractivity contribution in [3.63, 3.8) is 0 Å². The first kappa shape index (κ1) is 10.1. The molecule has 0 unspecified atom stereocenters. The van der Waals surface area contributed by atoms with E-state index in [1.165, 1.54) is 0 Å². The molecule has 1 fully saturated rings. The van der Waals surface area contributed by atoms with E-state index in [4.69, 9.17) is 4.74 Å². The average Bonchev–Trinajstić information content (AvgIpc) is 2.31. The number of rotatable bonds is 2. The van der Waals surface area contributed by atoms with E-state index in [1.807, 2.05) is 0 Å². The van der Waals surface area contributed by atoms with Gasteiger partial charge in [0, 0.05) is 18.9 Å². The zero-order valence-corrected chi connectivity index (χ0v) is 8.48. The molecule has 1 atom stereocenters. The van der Waals surface area contributed by atoms with Gasteiger partial charge in [0.1, 0.15) is 6.10 Å². The van der Waals surface area contributed by atoms with E-state index in [2.05, 4.69) is 10.3 Å². The monoisotopic (exact) mass is 206 g/mol. The number of hydrogen-bond acceptors (Lipinski definition) is 4. The number of nitrogens with zero attached hydrogens (tertiary/aromatic N) is 1. The van der Waals surface area contributed by atoms with Crippen molar-refractivity contribution in [2.24, 2.45) is 0 Å². The van der Waals surface area contributed by atoms with Crippen molar-refractivity contribution in [1.29, 1.82) is 0 Å². The van der Waals surface area contributed by atoms with Crippen LogP contribution in [0.4, 0.5) is 0 Å². The van der Waals surface area contributed by atoms with Gasteiger partial charge in [0.15, 0.2) is 0 Å². The maximum atomic E-state index is 11.6. The molecule has 1 aromatic heterocycles. The Bertz CT molecular complexity index is 321. The Balaban J connectivity index is 1.91. The predicted octanol–water partition coefficient (Wildman–Crippen LogP) is 0.990. The van der Waals surface area contributed by atoms with Crippen LogP contribution in [0.1, 0.15) is 23.2 Å². The van der Waals surface area contributed by atoms with Gasteiger partial charge in [-0.15, -0.1) is 0 Å². The van der Waals surface area contributed by atoms with Crippen molar-refractivity contribution >= 4 is 5.97 Å². The van der Waals surface area contributed by atoms with E-state index in [1.54, 1.807) is 24.5 Å². The third-order valence-corrected chi connectivity index (χ3v) is 2.44. The summed E-state index contributed by atoms with van der Waals surface area (Å²) in [7, 11) is 0. The van der Waals surface area contributed by atoms with E-state index in [0.29, 0.717) is 5.56 Å². The van der Waals surface area contributed by atoms with E-state index in [9.17, 15) is 4.79 Å². The molecule has 80 valence electrons. The lowest BCUT2D eigenvalue weighted by atomic mass is 10.1. The van der Waals surface area contributed by atoms with Gasteiger partial charge in [-0.1, -0.05) is 0 Å². The van der Waals surface area contributed by atoms with Gasteiger partial charge in [0.05, 0.1) is 5.56 Å². The highest BCUT2D eigenvalue weighted by molar-refractivity contribution is 5.89. The molecule has 0 aromatic carbocycles. The van der Waals surface area contributed by atoms with Crippen LogP contribution in [-0.2, 0) is 4.74 Å². The van der Waals surface area contributed by atoms with Crippen molar-refractivity contribution < 1.29 is 9.53 Å². The zero-order chi connectivity index (χ0) is 10.5. The van der Waals surface area contributed by atoms with Gasteiger partial charge in [-0.3, -0.25) is 4.98 Å². The molecule has 4 nitrogen and oxygen atoms in total. The van der Waals surface area contributed by atoms with Gasteiger partial charge < -0.3 is 10.1 Å². The van der Waals surface area contributed by atoms with Crippen LogP contribution in [0.15, 0.2) is 24.5 Å². The number of ether oxygens (including phenoxy) is 1. The smallest absolute Gasteiger partial charge is 0.338 e. The zero-order valence-electron chi connectivity index (χ0n) is 8.48. The van der Waals surface area contributed by atoms with E-state index >= 15 is 0 Å². The van der Waals surface area contributed by atoms with Gasteiger partial charge in [0.2, 0.25) is 0 Å². The minimum atomic E-state index is -0.258. The third kappa shape index (κ3) is 2.76. The highest BCUT2D eigenvalue weighted by atomic mass is 16.5. The molecule has 0 saturated carbocycles. The highest BCUT2D eigenvalue weighted by Gasteiger charge is 2.17. The summed E-state index contributed by atoms with van der Waals surface area (Å²) in [5.74, 6) is -0.258. The van der Waals surface area contributed by atoms with Crippen molar-refractivity contribution in [3.8, 4) is 0 Å². The molecule has 0 aliphatic carbocycles. The maximum Gasteiger partial charge on any atom is 0.338 e. The van der Waals surface area contributed by atoms with Crippen LogP contribution < -0.4 is 5.32 Å². The largest absolute Gasteiger partial charge is 0.457 e. The normalized spacial score (nSPS) is 20.9. The number of aromatic nitrogens is 1. The lowest BCUT2D eigenvalue weighted by molar-refractivity contribution is 0.0245. The molecular weight excluding hydrogens is 192 g/mol. The Kier molecular flexibility index (Phi) is 3.29. The average molecular weight is 206 g/mol. The summed E-state index contributed by atoms with van der Waals surface area (Å²) in [6, 6.07) is 3.33. The summed E-state index contributed by atoms with van der Waals surface area (Å²) in [6.45, 7) is 1.78. The van der Waals surface area contributed by atoms with Crippen molar-refractivity contribution in [3.05, 3.63) is 30.1 Å². The molecule has 2 heterocycles. The summed E-state index contributed by atoms with van der Waals surface area (Å²) < 4.78 is 5.35. The molecule has 1 aromatic rings. The van der Waals surface area contributed by atoms with Gasteiger partial charge >= 0.3 is 5.97 Å². The summed E-state index contributed by atoms with van der Waals surface area (Å²) in [5.41, 5.74) is 0.565. The number of carbonyl (C=O) groups is 1. The Morgan fingerprint density at radius 3 is 2.93 bits per heavy atom. The SMILES string of the molecule is O=C(O[C@@H]1CCCNC1)c1ccncc1. The third-order valence-electron chi connectivity index (χ3n) is 2.44. The van der Waals surface area contributed by atoms with E-state index < -0.39 is 0 Å². The van der Waals surface area contributed by atoms with Crippen molar-refractivity contribution in [2.75, 3.05) is 13.1 Å². The minimum absolute atomic E-state index is 0.0133. The highest BCUT2D eigenvalue weighted by Crippen LogP contribution is 2.09. The Morgan fingerprint density at radius 2 is 2.27 bits per heavy atom. The lowest BCUT2D eigenvalue weighted by Crippen LogP contribution is -2.36. The Labute approximate surface area is 88.7 Å². The summed E-state index contributed by atoms with van der Waals surface area (Å²) >= 11 is 0. The summed E-state index contributed by atoms with van der Waals surface area (Å²) in [4.78, 5) is 15.5. The van der Waals surface area contributed by atoms with Crippen LogP contribution in [0.3, 0.4) is 0 Å². The molecule has 0 spiro atoms. The van der Waals surface area contributed by atoms with Crippen molar-refractivity contribution in [1.82, 2.24) is 10.3 Å². The minimum Gasteiger partial charge on any atom is -0.457 e. The molecule has 1 aliphatic heterocycles. The summed E-state index contributed by atoms with van der Waals surface area (Å²) in [6.07, 6.45) is 5.21. The van der Waals surface area contributed by atoms with E-state index in [0.717, 1.165) is 25.9 Å². The Morgan fingerprint density at radius 1 is 1.47 bits per heavy atom. The molecular formula is C11H14N2O2. The lowest BCUT2D eigenvalue weighted by Gasteiger charge is -2.22. The van der Waals surface area contributed by atoms with Crippen LogP contribution >= 0.6 is 0 Å². The van der Waals surface area contributed by atoms with Crippen LogP contribution in [0.25, 0.3) is 0 Å². The molecule has 15 heavy (non-hydrogen) atoms. The quantitative estimate of drug-likeness (QED) is 0.733. The van der Waals surface area contributed by atoms with Crippen LogP contribution in [0, 0.1) is 0 Å². The molecule has 1 aliphatic rings. The predicted molar refractivity (Wildman–Crippen MR) is 55.5 cm³/mol. The number of carbonyl (C=O) groups excluding carboxylic acids is 1. The van der Waals surface area contributed by atoms with Crippen LogP contribution in [0.2, 0.25) is 0 Å². The van der Waals surface area contributed by atoms with Gasteiger partial charge in [0.25, 0.3) is 0 Å². The second kappa shape index (κ2) is 4.89. The number of piperidine rings is 1. The second-order valence-corrected chi connectivity index (χ2v) is 3.61. The topological polar surface area (TPSA) is 51.2 Å². The number of pyridine rings is 1. The molecule has 0 bridgehead atoms. The molecule has 4 heteroatoms. The van der Waals surface area contributed by atoms with Gasteiger partial charge in [-0.25, -0.2) is 4.79 Å². The number of nitrogens with one attached hydrogen (secondary N) is 1. The second-order valence-electron chi connectivity index (χ2n) is 3.61.